The number of hydrogen-bond acceptors (Lipinski definition) is 3. The molecule has 0 saturated heterocycles. The van der Waals surface area contributed by atoms with E-state index in [0.29, 0.717) is 26.6 Å². The van der Waals surface area contributed by atoms with Crippen molar-refractivity contribution < 1.29 is 4.74 Å². The summed E-state index contributed by atoms with van der Waals surface area (Å²) in [7, 11) is 1.71. The lowest BCUT2D eigenvalue weighted by molar-refractivity contribution is 0.464. The highest BCUT2D eigenvalue weighted by Gasteiger charge is 2.10. The van der Waals surface area contributed by atoms with Gasteiger partial charge in [-0.25, -0.2) is 0 Å². The zero-order chi connectivity index (χ0) is 13.1. The van der Waals surface area contributed by atoms with Gasteiger partial charge in [0.1, 0.15) is 16.6 Å². The minimum Gasteiger partial charge on any atom is -0.437 e. The molecule has 2 aromatic rings. The largest absolute Gasteiger partial charge is 0.437 e. The van der Waals surface area contributed by atoms with Crippen LogP contribution in [0.1, 0.15) is 0 Å². The number of benzene rings is 1. The second-order valence-electron chi connectivity index (χ2n) is 3.42. The number of aromatic nitrogens is 1. The monoisotopic (exact) mass is 302 g/mol. The predicted octanol–water partition coefficient (Wildman–Crippen LogP) is 4.88. The molecule has 1 aromatic heterocycles. The molecule has 3 nitrogen and oxygen atoms in total. The Balaban J connectivity index is 2.34. The first kappa shape index (κ1) is 13.3. The van der Waals surface area contributed by atoms with Gasteiger partial charge >= 0.3 is 0 Å². The predicted molar refractivity (Wildman–Crippen MR) is 75.3 cm³/mol. The van der Waals surface area contributed by atoms with Gasteiger partial charge in [0.15, 0.2) is 0 Å². The number of rotatable bonds is 3. The van der Waals surface area contributed by atoms with Crippen LogP contribution in [0.4, 0.5) is 5.82 Å². The summed E-state index contributed by atoms with van der Waals surface area (Å²) in [6.45, 7) is 0. The molecule has 2 rings (SSSR count). The molecule has 0 spiro atoms. The molecule has 0 amide bonds. The van der Waals surface area contributed by atoms with Crippen molar-refractivity contribution in [2.24, 2.45) is 0 Å². The van der Waals surface area contributed by atoms with Crippen LogP contribution >= 0.6 is 34.8 Å². The van der Waals surface area contributed by atoms with Crippen LogP contribution in [0.2, 0.25) is 15.1 Å². The molecule has 0 radical (unpaired) electrons. The van der Waals surface area contributed by atoms with Gasteiger partial charge in [0.05, 0.1) is 5.02 Å². The Kier molecular flexibility index (Phi) is 4.17. The van der Waals surface area contributed by atoms with E-state index in [2.05, 4.69) is 10.3 Å². The highest BCUT2D eigenvalue weighted by Crippen LogP contribution is 2.33. The summed E-state index contributed by atoms with van der Waals surface area (Å²) in [5.74, 6) is 1.33. The highest BCUT2D eigenvalue weighted by molar-refractivity contribution is 6.36. The van der Waals surface area contributed by atoms with Gasteiger partial charge in [-0.2, -0.15) is 4.98 Å². The second kappa shape index (κ2) is 5.65. The van der Waals surface area contributed by atoms with Crippen molar-refractivity contribution >= 4 is 40.6 Å². The van der Waals surface area contributed by atoms with Gasteiger partial charge in [-0.15, -0.1) is 0 Å². The van der Waals surface area contributed by atoms with Crippen LogP contribution in [0.15, 0.2) is 30.3 Å². The number of anilines is 1. The van der Waals surface area contributed by atoms with Gasteiger partial charge in [-0.3, -0.25) is 0 Å². The lowest BCUT2D eigenvalue weighted by Gasteiger charge is -2.09. The Bertz CT molecular complexity index is 575. The number of nitrogens with one attached hydrogen (secondary N) is 1. The van der Waals surface area contributed by atoms with Crippen molar-refractivity contribution in [3.63, 3.8) is 0 Å². The fraction of sp³-hybridized carbons (Fsp3) is 0.0833. The van der Waals surface area contributed by atoms with Crippen LogP contribution in [0.25, 0.3) is 0 Å². The average molecular weight is 304 g/mol. The number of nitrogens with zero attached hydrogens (tertiary/aromatic N) is 1. The molecule has 0 bridgehead atoms. The van der Waals surface area contributed by atoms with Crippen LogP contribution < -0.4 is 10.1 Å². The average Bonchev–Trinajstić information content (AvgIpc) is 2.33. The molecule has 94 valence electrons. The summed E-state index contributed by atoms with van der Waals surface area (Å²) < 4.78 is 5.56. The Labute approximate surface area is 120 Å². The molecule has 1 heterocycles. The molecule has 0 unspecified atom stereocenters. The fourth-order valence-electron chi connectivity index (χ4n) is 1.34. The van der Waals surface area contributed by atoms with Crippen molar-refractivity contribution in [2.45, 2.75) is 0 Å². The fourth-order valence-corrected chi connectivity index (χ4v) is 2.01. The van der Waals surface area contributed by atoms with Gasteiger partial charge in [-0.1, -0.05) is 40.9 Å². The molecule has 1 aromatic carbocycles. The van der Waals surface area contributed by atoms with Gasteiger partial charge in [0, 0.05) is 12.1 Å². The van der Waals surface area contributed by atoms with E-state index >= 15 is 0 Å². The third kappa shape index (κ3) is 2.99. The van der Waals surface area contributed by atoms with Crippen molar-refractivity contribution in [1.82, 2.24) is 4.98 Å². The summed E-state index contributed by atoms with van der Waals surface area (Å²) in [6.07, 6.45) is 0. The molecule has 6 heteroatoms. The van der Waals surface area contributed by atoms with Crippen molar-refractivity contribution in [1.29, 1.82) is 0 Å². The zero-order valence-corrected chi connectivity index (χ0v) is 11.6. The Morgan fingerprint density at radius 1 is 1.11 bits per heavy atom. The molecular formula is C12H9Cl3N2O. The summed E-state index contributed by atoms with van der Waals surface area (Å²) >= 11 is 17.8. The van der Waals surface area contributed by atoms with Gasteiger partial charge in [-0.05, 0) is 24.3 Å². The number of halogens is 3. The number of hydrogen-bond donors (Lipinski definition) is 1. The lowest BCUT2D eigenvalue weighted by atomic mass is 10.3. The normalized spacial score (nSPS) is 10.2. The molecule has 18 heavy (non-hydrogen) atoms. The van der Waals surface area contributed by atoms with E-state index in [1.165, 1.54) is 0 Å². The maximum Gasteiger partial charge on any atom is 0.240 e. The molecule has 0 aliphatic heterocycles. The van der Waals surface area contributed by atoms with E-state index in [9.17, 15) is 0 Å². The summed E-state index contributed by atoms with van der Waals surface area (Å²) in [5.41, 5.74) is 0. The molecule has 0 atom stereocenters. The third-order valence-electron chi connectivity index (χ3n) is 2.14. The first-order chi connectivity index (χ1) is 8.60. The molecular weight excluding hydrogens is 295 g/mol. The maximum atomic E-state index is 6.02. The summed E-state index contributed by atoms with van der Waals surface area (Å²) in [6, 6.07) is 8.54. The van der Waals surface area contributed by atoms with E-state index < -0.39 is 0 Å². The smallest absolute Gasteiger partial charge is 0.240 e. The maximum absolute atomic E-state index is 6.02. The quantitative estimate of drug-likeness (QED) is 0.878. The van der Waals surface area contributed by atoms with Crippen LogP contribution in [0.5, 0.6) is 11.6 Å². The third-order valence-corrected chi connectivity index (χ3v) is 2.94. The Morgan fingerprint density at radius 2 is 1.89 bits per heavy atom. The minimum atomic E-state index is 0.271. The minimum absolute atomic E-state index is 0.271. The van der Waals surface area contributed by atoms with Gasteiger partial charge in [0.2, 0.25) is 5.88 Å². The molecule has 0 aliphatic rings. The van der Waals surface area contributed by atoms with Crippen molar-refractivity contribution in [3.8, 4) is 11.6 Å². The second-order valence-corrected chi connectivity index (χ2v) is 4.67. The van der Waals surface area contributed by atoms with Crippen LogP contribution in [0, 0.1) is 0 Å². The Morgan fingerprint density at radius 3 is 2.56 bits per heavy atom. The number of ether oxygens (including phenoxy) is 1. The molecule has 0 aliphatic carbocycles. The molecule has 0 saturated carbocycles. The lowest BCUT2D eigenvalue weighted by Crippen LogP contribution is -1.96. The highest BCUT2D eigenvalue weighted by atomic mass is 35.5. The first-order valence-electron chi connectivity index (χ1n) is 5.07. The van der Waals surface area contributed by atoms with E-state index in [1.807, 2.05) is 0 Å². The van der Waals surface area contributed by atoms with E-state index in [0.717, 1.165) is 0 Å². The van der Waals surface area contributed by atoms with E-state index in [4.69, 9.17) is 39.5 Å². The topological polar surface area (TPSA) is 34.2 Å². The van der Waals surface area contributed by atoms with Gasteiger partial charge < -0.3 is 10.1 Å². The molecule has 1 N–H and O–H groups in total. The van der Waals surface area contributed by atoms with Crippen LogP contribution in [-0.2, 0) is 0 Å². The first-order valence-corrected chi connectivity index (χ1v) is 6.21. The zero-order valence-electron chi connectivity index (χ0n) is 9.38. The van der Waals surface area contributed by atoms with Crippen molar-refractivity contribution in [3.05, 3.63) is 45.4 Å². The Hall–Kier alpha value is -1.16. The van der Waals surface area contributed by atoms with Gasteiger partial charge in [0.25, 0.3) is 0 Å². The van der Waals surface area contributed by atoms with E-state index in [1.54, 1.807) is 37.4 Å². The van der Waals surface area contributed by atoms with Crippen LogP contribution in [-0.4, -0.2) is 12.0 Å². The van der Waals surface area contributed by atoms with Crippen LogP contribution in [0.3, 0.4) is 0 Å². The standard InChI is InChI=1S/C12H9Cl3N2O/c1-16-11-9(14)6-10(15)12(17-11)18-8-4-2-3-7(13)5-8/h2-6H,1H3,(H,16,17). The van der Waals surface area contributed by atoms with Crippen molar-refractivity contribution in [2.75, 3.05) is 12.4 Å². The van der Waals surface area contributed by atoms with E-state index in [-0.39, 0.29) is 5.88 Å². The molecule has 0 fully saturated rings. The summed E-state index contributed by atoms with van der Waals surface area (Å²) in [4.78, 5) is 4.17. The number of pyridine rings is 1. The summed E-state index contributed by atoms with van der Waals surface area (Å²) in [5, 5.41) is 4.19. The SMILES string of the molecule is CNc1nc(Oc2cccc(Cl)c2)c(Cl)cc1Cl.